The number of aliphatic hydroxyl groups is 3. The number of nitrogens with one attached hydrogen (secondary N) is 1. The highest BCUT2D eigenvalue weighted by molar-refractivity contribution is 5.88. The Balaban J connectivity index is 2.13. The lowest BCUT2D eigenvalue weighted by molar-refractivity contribution is -0.100. The molecule has 0 aliphatic carbocycles. The van der Waals surface area contributed by atoms with Crippen LogP contribution < -0.4 is 5.48 Å². The predicted octanol–water partition coefficient (Wildman–Crippen LogP) is -0.890. The van der Waals surface area contributed by atoms with Crippen molar-refractivity contribution in [2.24, 2.45) is 0 Å². The first-order valence-corrected chi connectivity index (χ1v) is 7.07. The minimum absolute atomic E-state index is 0.410. The minimum Gasteiger partial charge on any atom is -0.394 e. The van der Waals surface area contributed by atoms with Crippen molar-refractivity contribution in [3.8, 4) is 0 Å². The third kappa shape index (κ3) is 2.35. The first-order chi connectivity index (χ1) is 10.9. The molecule has 2 aromatic heterocycles. The van der Waals surface area contributed by atoms with Crippen LogP contribution in [0, 0.1) is 6.92 Å². The Kier molecular flexibility index (Phi) is 3.94. The van der Waals surface area contributed by atoms with E-state index in [1.54, 1.807) is 6.92 Å². The molecule has 1 aliphatic rings. The van der Waals surface area contributed by atoms with Crippen LogP contribution in [0.4, 0.5) is 5.82 Å². The monoisotopic (exact) mass is 325 g/mol. The number of anilines is 1. The Bertz CT molecular complexity index is 718. The van der Waals surface area contributed by atoms with Gasteiger partial charge in [-0.05, 0) is 13.8 Å². The average molecular weight is 325 g/mol. The molecule has 10 nitrogen and oxygen atoms in total. The van der Waals surface area contributed by atoms with E-state index in [2.05, 4.69) is 20.5 Å². The van der Waals surface area contributed by atoms with E-state index in [1.165, 1.54) is 25.0 Å². The topological polar surface area (TPSA) is 135 Å². The number of nitrogens with zero attached hydrogens (tertiary/aromatic N) is 4. The molecular formula is C13H19N5O5. The van der Waals surface area contributed by atoms with Crippen LogP contribution in [-0.2, 0) is 9.57 Å². The van der Waals surface area contributed by atoms with Crippen LogP contribution in [0.2, 0.25) is 0 Å². The second kappa shape index (κ2) is 5.65. The molecule has 4 atom stereocenters. The summed E-state index contributed by atoms with van der Waals surface area (Å²) in [6, 6.07) is 0. The largest absolute Gasteiger partial charge is 0.394 e. The van der Waals surface area contributed by atoms with E-state index in [0.29, 0.717) is 22.5 Å². The summed E-state index contributed by atoms with van der Waals surface area (Å²) in [6.45, 7) is 2.76. The van der Waals surface area contributed by atoms with Gasteiger partial charge in [-0.3, -0.25) is 4.84 Å². The summed E-state index contributed by atoms with van der Waals surface area (Å²) in [5, 5.41) is 35.0. The van der Waals surface area contributed by atoms with Crippen molar-refractivity contribution >= 4 is 16.9 Å². The lowest BCUT2D eigenvalue weighted by Crippen LogP contribution is -2.44. The van der Waals surface area contributed by atoms with E-state index in [1.807, 2.05) is 0 Å². The number of ether oxygens (including phenoxy) is 1. The second-order valence-electron chi connectivity index (χ2n) is 5.64. The van der Waals surface area contributed by atoms with Crippen LogP contribution in [0.1, 0.15) is 18.8 Å². The molecule has 10 heteroatoms. The quantitative estimate of drug-likeness (QED) is 0.528. The van der Waals surface area contributed by atoms with Gasteiger partial charge in [0.15, 0.2) is 17.7 Å². The standard InChI is InChI=1S/C13H19N5O5/c1-6-8-10(17-22-3)14-5-15-11(8)18(16-6)12-13(2,21)9(20)7(4-19)23-12/h5,7,9,12,19-21H,4H2,1-3H3,(H,14,15,17)/t7-,9-,12-,13-/m1/s1. The van der Waals surface area contributed by atoms with Gasteiger partial charge in [-0.1, -0.05) is 0 Å². The maximum absolute atomic E-state index is 10.6. The number of aromatic nitrogens is 4. The molecular weight excluding hydrogens is 306 g/mol. The van der Waals surface area contributed by atoms with Crippen molar-refractivity contribution in [1.82, 2.24) is 19.7 Å². The lowest BCUT2D eigenvalue weighted by atomic mass is 9.97. The van der Waals surface area contributed by atoms with Crippen molar-refractivity contribution in [1.29, 1.82) is 0 Å². The smallest absolute Gasteiger partial charge is 0.183 e. The molecule has 3 rings (SSSR count). The summed E-state index contributed by atoms with van der Waals surface area (Å²) in [5.41, 5.74) is 2.02. The maximum atomic E-state index is 10.6. The summed E-state index contributed by atoms with van der Waals surface area (Å²) in [7, 11) is 1.46. The SMILES string of the molecule is CONc1ncnc2c1c(C)nn2[C@@H]1O[C@H](CO)[C@@H](O)[C@@]1(C)O. The zero-order valence-electron chi connectivity index (χ0n) is 13.0. The van der Waals surface area contributed by atoms with Crippen molar-refractivity contribution in [3.63, 3.8) is 0 Å². The summed E-state index contributed by atoms with van der Waals surface area (Å²) < 4.78 is 6.96. The summed E-state index contributed by atoms with van der Waals surface area (Å²) in [4.78, 5) is 13.2. The van der Waals surface area contributed by atoms with Gasteiger partial charge in [0.2, 0.25) is 0 Å². The first-order valence-electron chi connectivity index (χ1n) is 7.07. The molecule has 0 radical (unpaired) electrons. The summed E-state index contributed by atoms with van der Waals surface area (Å²) >= 11 is 0. The lowest BCUT2D eigenvalue weighted by Gasteiger charge is -2.26. The molecule has 1 fully saturated rings. The summed E-state index contributed by atoms with van der Waals surface area (Å²) in [6.07, 6.45) is -1.84. The molecule has 2 aromatic rings. The molecule has 3 heterocycles. The second-order valence-corrected chi connectivity index (χ2v) is 5.64. The Morgan fingerprint density at radius 3 is 2.83 bits per heavy atom. The fraction of sp³-hybridized carbons (Fsp3) is 0.615. The molecule has 0 amide bonds. The van der Waals surface area contributed by atoms with Gasteiger partial charge >= 0.3 is 0 Å². The highest BCUT2D eigenvalue weighted by Gasteiger charge is 2.53. The third-order valence-electron chi connectivity index (χ3n) is 4.02. The van der Waals surface area contributed by atoms with E-state index >= 15 is 0 Å². The molecule has 0 bridgehead atoms. The number of aryl methyl sites for hydroxylation is 1. The highest BCUT2D eigenvalue weighted by atomic mass is 16.6. The van der Waals surface area contributed by atoms with Crippen LogP contribution in [0.3, 0.4) is 0 Å². The molecule has 126 valence electrons. The molecule has 0 spiro atoms. The molecule has 23 heavy (non-hydrogen) atoms. The fourth-order valence-corrected chi connectivity index (χ4v) is 2.83. The van der Waals surface area contributed by atoms with E-state index in [-0.39, 0.29) is 0 Å². The first kappa shape index (κ1) is 16.0. The molecule has 0 saturated carbocycles. The van der Waals surface area contributed by atoms with Gasteiger partial charge in [0.1, 0.15) is 24.1 Å². The van der Waals surface area contributed by atoms with Crippen molar-refractivity contribution in [3.05, 3.63) is 12.0 Å². The Hall–Kier alpha value is -1.85. The normalized spacial score (nSPS) is 31.0. The number of aliphatic hydroxyl groups excluding tert-OH is 2. The maximum Gasteiger partial charge on any atom is 0.183 e. The van der Waals surface area contributed by atoms with Crippen LogP contribution in [0.5, 0.6) is 0 Å². The van der Waals surface area contributed by atoms with Gasteiger partial charge in [-0.2, -0.15) is 5.10 Å². The zero-order chi connectivity index (χ0) is 16.8. The van der Waals surface area contributed by atoms with Crippen LogP contribution >= 0.6 is 0 Å². The fourth-order valence-electron chi connectivity index (χ4n) is 2.83. The number of hydrogen-bond donors (Lipinski definition) is 4. The molecule has 0 unspecified atom stereocenters. The van der Waals surface area contributed by atoms with Crippen LogP contribution in [-0.4, -0.2) is 66.6 Å². The van der Waals surface area contributed by atoms with E-state index in [9.17, 15) is 15.3 Å². The molecule has 4 N–H and O–H groups in total. The average Bonchev–Trinajstić information content (AvgIpc) is 2.96. The number of hydrogen-bond acceptors (Lipinski definition) is 9. The Labute approximate surface area is 131 Å². The predicted molar refractivity (Wildman–Crippen MR) is 78.3 cm³/mol. The molecule has 1 saturated heterocycles. The molecule has 0 aromatic carbocycles. The third-order valence-corrected chi connectivity index (χ3v) is 4.02. The zero-order valence-corrected chi connectivity index (χ0v) is 13.0. The van der Waals surface area contributed by atoms with E-state index in [4.69, 9.17) is 9.57 Å². The van der Waals surface area contributed by atoms with Crippen LogP contribution in [0.15, 0.2) is 6.33 Å². The van der Waals surface area contributed by atoms with Gasteiger partial charge in [0.05, 0.1) is 24.8 Å². The minimum atomic E-state index is -1.64. The van der Waals surface area contributed by atoms with E-state index in [0.717, 1.165) is 0 Å². The van der Waals surface area contributed by atoms with Crippen LogP contribution in [0.25, 0.3) is 11.0 Å². The van der Waals surface area contributed by atoms with Gasteiger partial charge < -0.3 is 20.1 Å². The van der Waals surface area contributed by atoms with Gasteiger partial charge in [-0.25, -0.2) is 20.1 Å². The van der Waals surface area contributed by atoms with Gasteiger partial charge in [0.25, 0.3) is 0 Å². The van der Waals surface area contributed by atoms with Crippen molar-refractivity contribution < 1.29 is 24.9 Å². The Morgan fingerprint density at radius 1 is 1.48 bits per heavy atom. The van der Waals surface area contributed by atoms with Gasteiger partial charge in [-0.15, -0.1) is 0 Å². The summed E-state index contributed by atoms with van der Waals surface area (Å²) in [5.74, 6) is 0.429. The number of rotatable bonds is 4. The number of fused-ring (bicyclic) bond motifs is 1. The van der Waals surface area contributed by atoms with Crippen molar-refractivity contribution in [2.45, 2.75) is 37.9 Å². The van der Waals surface area contributed by atoms with Crippen molar-refractivity contribution in [2.75, 3.05) is 19.2 Å². The Morgan fingerprint density at radius 2 is 2.22 bits per heavy atom. The highest BCUT2D eigenvalue weighted by Crippen LogP contribution is 2.39. The van der Waals surface area contributed by atoms with E-state index < -0.39 is 30.6 Å². The van der Waals surface area contributed by atoms with Gasteiger partial charge in [0, 0.05) is 0 Å². The molecule has 1 aliphatic heterocycles.